The molecule has 0 radical (unpaired) electrons. The minimum absolute atomic E-state index is 0.106. The number of carbonyl (C=O) groups excluding carboxylic acids is 4. The summed E-state index contributed by atoms with van der Waals surface area (Å²) in [6.45, 7) is 9.65. The molecule has 600 valence electrons. The van der Waals surface area contributed by atoms with Gasteiger partial charge in [-0.2, -0.15) is 0 Å². The zero-order valence-corrected chi connectivity index (χ0v) is 68.0. The molecule has 6 atom stereocenters. The summed E-state index contributed by atoms with van der Waals surface area (Å²) in [5.41, 5.74) is 0. The van der Waals surface area contributed by atoms with Gasteiger partial charge in [-0.05, 0) is 37.5 Å². The highest BCUT2D eigenvalue weighted by Crippen LogP contribution is 2.45. The summed E-state index contributed by atoms with van der Waals surface area (Å²) in [5.74, 6) is -0.547. The quantitative estimate of drug-likeness (QED) is 0.0222. The molecule has 17 nitrogen and oxygen atoms in total. The SMILES string of the molecule is CCCCCCCCCCCCCCCCCCCCCCCCC(=O)O[C@H](COC(=O)CCCCCCCCCCCCC(C)CC)COP(=O)(O)OC[C@@H](O)COP(=O)(O)OC[C@@H](COC(=O)CCCCCCCCCCCCCC)OC(=O)CCCCCCCCCCCCC(C)C. The van der Waals surface area contributed by atoms with Crippen LogP contribution in [-0.2, 0) is 65.4 Å². The van der Waals surface area contributed by atoms with Crippen molar-refractivity contribution in [3.63, 3.8) is 0 Å². The standard InChI is InChI=1S/C82H160O17P2/c1-7-10-12-14-16-18-20-22-23-24-25-26-27-28-29-30-31-33-42-48-54-60-66-81(86)98-77(71-93-80(85)65-59-53-47-41-37-35-39-45-51-57-63-75(6)9-3)72-96-100(88,89)94-68-76(83)69-95-101(90,91)97-73-78(70-92-79(84)64-58-52-46-40-32-21-19-17-15-13-11-8-2)99-82(87)67-61-55-49-43-36-34-38-44-50-56-62-74(4)5/h74-78,83H,7-73H2,1-6H3,(H,88,89)(H,90,91)/t75?,76-,77-,78-/m1/s1. The first-order valence-electron chi connectivity index (χ1n) is 42.5. The molecule has 0 aromatic carbocycles. The summed E-state index contributed by atoms with van der Waals surface area (Å²) in [6.07, 6.45) is 63.8. The molecular formula is C82H160O17P2. The van der Waals surface area contributed by atoms with Crippen molar-refractivity contribution in [1.29, 1.82) is 0 Å². The zero-order valence-electron chi connectivity index (χ0n) is 66.2. The molecule has 0 saturated heterocycles. The molecule has 19 heteroatoms. The molecule has 101 heavy (non-hydrogen) atoms. The Kier molecular flexibility index (Phi) is 72.2. The van der Waals surface area contributed by atoms with Gasteiger partial charge in [-0.3, -0.25) is 37.3 Å². The Morgan fingerprint density at radius 3 is 0.752 bits per heavy atom. The third kappa shape index (κ3) is 74.7. The lowest BCUT2D eigenvalue weighted by atomic mass is 9.99. The van der Waals surface area contributed by atoms with E-state index in [1.54, 1.807) is 0 Å². The van der Waals surface area contributed by atoms with Crippen LogP contribution in [0, 0.1) is 11.8 Å². The number of phosphoric acid groups is 2. The van der Waals surface area contributed by atoms with Gasteiger partial charge in [0.1, 0.15) is 19.3 Å². The van der Waals surface area contributed by atoms with E-state index < -0.39 is 97.5 Å². The van der Waals surface area contributed by atoms with Crippen LogP contribution in [0.4, 0.5) is 0 Å². The van der Waals surface area contributed by atoms with Crippen molar-refractivity contribution in [3.05, 3.63) is 0 Å². The Hall–Kier alpha value is -1.94. The van der Waals surface area contributed by atoms with Crippen LogP contribution in [0.1, 0.15) is 433 Å². The van der Waals surface area contributed by atoms with Crippen LogP contribution in [0.3, 0.4) is 0 Å². The second-order valence-electron chi connectivity index (χ2n) is 30.2. The summed E-state index contributed by atoms with van der Waals surface area (Å²) in [5, 5.41) is 10.6. The highest BCUT2D eigenvalue weighted by atomic mass is 31.2. The van der Waals surface area contributed by atoms with Crippen molar-refractivity contribution in [3.8, 4) is 0 Å². The van der Waals surface area contributed by atoms with E-state index >= 15 is 0 Å². The van der Waals surface area contributed by atoms with E-state index in [1.165, 1.54) is 250 Å². The maximum Gasteiger partial charge on any atom is 0.472 e. The van der Waals surface area contributed by atoms with Gasteiger partial charge in [0.15, 0.2) is 12.2 Å². The predicted molar refractivity (Wildman–Crippen MR) is 414 cm³/mol. The summed E-state index contributed by atoms with van der Waals surface area (Å²) >= 11 is 0. The number of esters is 4. The van der Waals surface area contributed by atoms with Gasteiger partial charge >= 0.3 is 39.5 Å². The third-order valence-electron chi connectivity index (χ3n) is 19.6. The molecule has 0 aromatic heterocycles. The Bertz CT molecular complexity index is 1940. The van der Waals surface area contributed by atoms with Crippen LogP contribution in [-0.4, -0.2) is 96.7 Å². The van der Waals surface area contributed by atoms with E-state index in [9.17, 15) is 43.2 Å². The maximum atomic E-state index is 13.1. The zero-order chi connectivity index (χ0) is 74.2. The number of ether oxygens (including phenoxy) is 4. The fourth-order valence-electron chi connectivity index (χ4n) is 12.7. The minimum Gasteiger partial charge on any atom is -0.462 e. The van der Waals surface area contributed by atoms with Gasteiger partial charge in [-0.25, -0.2) is 9.13 Å². The highest BCUT2D eigenvalue weighted by molar-refractivity contribution is 7.47. The Morgan fingerprint density at radius 2 is 0.505 bits per heavy atom. The van der Waals surface area contributed by atoms with E-state index in [-0.39, 0.29) is 25.7 Å². The predicted octanol–water partition coefficient (Wildman–Crippen LogP) is 24.7. The second kappa shape index (κ2) is 73.6. The number of hydrogen-bond donors (Lipinski definition) is 3. The van der Waals surface area contributed by atoms with Crippen molar-refractivity contribution in [1.82, 2.24) is 0 Å². The first-order chi connectivity index (χ1) is 48.9. The lowest BCUT2D eigenvalue weighted by Crippen LogP contribution is -2.30. The van der Waals surface area contributed by atoms with Gasteiger partial charge in [0.25, 0.3) is 0 Å². The van der Waals surface area contributed by atoms with Gasteiger partial charge in [0, 0.05) is 25.7 Å². The van der Waals surface area contributed by atoms with E-state index in [2.05, 4.69) is 41.5 Å². The second-order valence-corrected chi connectivity index (χ2v) is 33.1. The van der Waals surface area contributed by atoms with Crippen LogP contribution >= 0.6 is 15.6 Å². The van der Waals surface area contributed by atoms with Gasteiger partial charge < -0.3 is 33.8 Å². The number of hydrogen-bond acceptors (Lipinski definition) is 15. The van der Waals surface area contributed by atoms with Crippen molar-refractivity contribution in [2.75, 3.05) is 39.6 Å². The van der Waals surface area contributed by atoms with Gasteiger partial charge in [-0.15, -0.1) is 0 Å². The molecule has 3 unspecified atom stereocenters. The number of rotatable bonds is 81. The number of carbonyl (C=O) groups is 4. The van der Waals surface area contributed by atoms with E-state index in [0.717, 1.165) is 102 Å². The smallest absolute Gasteiger partial charge is 0.462 e. The lowest BCUT2D eigenvalue weighted by Gasteiger charge is -2.21. The molecule has 0 saturated carbocycles. The van der Waals surface area contributed by atoms with Crippen LogP contribution in [0.5, 0.6) is 0 Å². The van der Waals surface area contributed by atoms with E-state index in [4.69, 9.17) is 37.0 Å². The van der Waals surface area contributed by atoms with Crippen LogP contribution in [0.15, 0.2) is 0 Å². The van der Waals surface area contributed by atoms with Crippen LogP contribution in [0.2, 0.25) is 0 Å². The van der Waals surface area contributed by atoms with Gasteiger partial charge in [0.05, 0.1) is 26.4 Å². The summed E-state index contributed by atoms with van der Waals surface area (Å²) in [4.78, 5) is 73.1. The number of aliphatic hydroxyl groups excluding tert-OH is 1. The third-order valence-corrected chi connectivity index (χ3v) is 21.5. The molecule has 0 aliphatic heterocycles. The molecule has 0 aliphatic carbocycles. The molecule has 3 N–H and O–H groups in total. The van der Waals surface area contributed by atoms with E-state index in [0.29, 0.717) is 25.7 Å². The Labute approximate surface area is 619 Å². The molecule has 0 fully saturated rings. The van der Waals surface area contributed by atoms with Crippen LogP contribution in [0.25, 0.3) is 0 Å². The first-order valence-corrected chi connectivity index (χ1v) is 45.5. The average Bonchev–Trinajstić information content (AvgIpc) is 0.964. The van der Waals surface area contributed by atoms with Crippen molar-refractivity contribution >= 4 is 39.5 Å². The highest BCUT2D eigenvalue weighted by Gasteiger charge is 2.30. The minimum atomic E-state index is -4.96. The molecule has 0 rings (SSSR count). The fraction of sp³-hybridized carbons (Fsp3) is 0.951. The summed E-state index contributed by atoms with van der Waals surface area (Å²) < 4.78 is 68.7. The normalized spacial score (nSPS) is 14.2. The van der Waals surface area contributed by atoms with Crippen LogP contribution < -0.4 is 0 Å². The lowest BCUT2D eigenvalue weighted by molar-refractivity contribution is -0.161. The molecular weight excluding hydrogens is 1320 g/mol. The molecule has 0 aromatic rings. The summed E-state index contributed by atoms with van der Waals surface area (Å²) in [6, 6.07) is 0. The van der Waals surface area contributed by atoms with Gasteiger partial charge in [0.2, 0.25) is 0 Å². The Balaban J connectivity index is 5.22. The van der Waals surface area contributed by atoms with E-state index in [1.807, 2.05) is 0 Å². The number of unbranched alkanes of at least 4 members (excludes halogenated alkanes) is 50. The van der Waals surface area contributed by atoms with Gasteiger partial charge in [-0.1, -0.05) is 382 Å². The molecule has 0 bridgehead atoms. The van der Waals surface area contributed by atoms with Crippen molar-refractivity contribution < 1.29 is 80.2 Å². The average molecular weight is 1480 g/mol. The summed E-state index contributed by atoms with van der Waals surface area (Å²) in [7, 11) is -9.92. The Morgan fingerprint density at radius 1 is 0.287 bits per heavy atom. The molecule has 0 spiro atoms. The number of phosphoric ester groups is 2. The largest absolute Gasteiger partial charge is 0.472 e. The molecule has 0 amide bonds. The van der Waals surface area contributed by atoms with Crippen molar-refractivity contribution in [2.45, 2.75) is 452 Å². The number of aliphatic hydroxyl groups is 1. The van der Waals surface area contributed by atoms with Crippen molar-refractivity contribution in [2.24, 2.45) is 11.8 Å². The molecule has 0 heterocycles. The molecule has 0 aliphatic rings. The topological polar surface area (TPSA) is 237 Å². The maximum absolute atomic E-state index is 13.1. The monoisotopic (exact) mass is 1480 g/mol. The fourth-order valence-corrected chi connectivity index (χ4v) is 14.3. The first kappa shape index (κ1) is 99.1.